The van der Waals surface area contributed by atoms with E-state index in [2.05, 4.69) is 12.1 Å². The summed E-state index contributed by atoms with van der Waals surface area (Å²) in [5.74, 6) is -0.0770. The summed E-state index contributed by atoms with van der Waals surface area (Å²) in [5, 5.41) is 5.65. The van der Waals surface area contributed by atoms with Crippen LogP contribution in [0.2, 0.25) is 0 Å². The number of aromatic nitrogens is 3. The van der Waals surface area contributed by atoms with Crippen LogP contribution in [0.4, 0.5) is 0 Å². The molecule has 2 aromatic carbocycles. The van der Waals surface area contributed by atoms with Crippen LogP contribution in [0.3, 0.4) is 0 Å². The quantitative estimate of drug-likeness (QED) is 0.482. The summed E-state index contributed by atoms with van der Waals surface area (Å²) < 4.78 is 27.7. The first kappa shape index (κ1) is 21.1. The van der Waals surface area contributed by atoms with E-state index in [0.717, 1.165) is 33.3 Å². The third-order valence-electron chi connectivity index (χ3n) is 5.42. The highest BCUT2D eigenvalue weighted by Crippen LogP contribution is 2.31. The zero-order valence-corrected chi connectivity index (χ0v) is 18.9. The summed E-state index contributed by atoms with van der Waals surface area (Å²) in [6, 6.07) is 15.9. The van der Waals surface area contributed by atoms with Crippen molar-refractivity contribution in [2.45, 2.75) is 19.1 Å². The largest absolute Gasteiger partial charge is 0.318 e. The van der Waals surface area contributed by atoms with Crippen molar-refractivity contribution >= 4 is 20.7 Å². The van der Waals surface area contributed by atoms with Gasteiger partial charge in [0, 0.05) is 43.9 Å². The van der Waals surface area contributed by atoms with E-state index in [0.29, 0.717) is 17.5 Å². The summed E-state index contributed by atoms with van der Waals surface area (Å²) in [5.41, 5.74) is 5.88. The third-order valence-corrected chi connectivity index (χ3v) is 6.26. The van der Waals surface area contributed by atoms with Crippen molar-refractivity contribution in [2.24, 2.45) is 14.1 Å². The van der Waals surface area contributed by atoms with Crippen molar-refractivity contribution in [3.63, 3.8) is 0 Å². The molecule has 0 fully saturated rings. The van der Waals surface area contributed by atoms with E-state index in [-0.39, 0.29) is 11.3 Å². The van der Waals surface area contributed by atoms with Gasteiger partial charge in [0.2, 0.25) is 0 Å². The van der Waals surface area contributed by atoms with E-state index in [1.165, 1.54) is 6.26 Å². The second kappa shape index (κ2) is 7.81. The minimum absolute atomic E-state index is 0.0488. The fourth-order valence-electron chi connectivity index (χ4n) is 4.10. The van der Waals surface area contributed by atoms with E-state index < -0.39 is 9.84 Å². The number of pyridine rings is 1. The summed E-state index contributed by atoms with van der Waals surface area (Å²) in [7, 11) is 0.314. The highest BCUT2D eigenvalue weighted by atomic mass is 32.2. The molecule has 0 N–H and O–H groups in total. The minimum atomic E-state index is -3.25. The Hall–Kier alpha value is -3.19. The second-order valence-electron chi connectivity index (χ2n) is 8.16. The number of rotatable bonds is 5. The molecule has 0 atom stereocenters. The molecule has 0 unspecified atom stereocenters. The minimum Gasteiger partial charge on any atom is -0.318 e. The molecule has 0 aliphatic rings. The van der Waals surface area contributed by atoms with E-state index in [4.69, 9.17) is 5.10 Å². The zero-order valence-electron chi connectivity index (χ0n) is 18.1. The standard InChI is InChI=1S/C24H25N3O3S/c1-16-10-19(14-26(2)24(16)28)18-12-20(15-31(4,29)30)23-21(13-18)22(25-27(23)3)11-17-8-6-5-7-9-17/h5-10,12-14H,11,15H2,1-4H3. The molecule has 0 aliphatic heterocycles. The second-order valence-corrected chi connectivity index (χ2v) is 10.3. The summed E-state index contributed by atoms with van der Waals surface area (Å²) in [6.45, 7) is 1.78. The van der Waals surface area contributed by atoms with Crippen molar-refractivity contribution in [3.05, 3.63) is 87.5 Å². The molecule has 4 aromatic rings. The van der Waals surface area contributed by atoms with Gasteiger partial charge in [-0.15, -0.1) is 0 Å². The number of hydrogen-bond donors (Lipinski definition) is 0. The van der Waals surface area contributed by atoms with Crippen LogP contribution >= 0.6 is 0 Å². The Morgan fingerprint density at radius 2 is 1.71 bits per heavy atom. The van der Waals surface area contributed by atoms with Crippen molar-refractivity contribution in [2.75, 3.05) is 6.26 Å². The molecular formula is C24H25N3O3S. The number of nitrogens with zero attached hydrogens (tertiary/aromatic N) is 3. The Morgan fingerprint density at radius 3 is 2.35 bits per heavy atom. The smallest absolute Gasteiger partial charge is 0.253 e. The van der Waals surface area contributed by atoms with Crippen molar-refractivity contribution in [3.8, 4) is 11.1 Å². The van der Waals surface area contributed by atoms with Gasteiger partial charge in [-0.2, -0.15) is 5.10 Å². The number of hydrogen-bond acceptors (Lipinski definition) is 4. The molecule has 7 heteroatoms. The Kier molecular flexibility index (Phi) is 5.31. The van der Waals surface area contributed by atoms with Crippen LogP contribution < -0.4 is 5.56 Å². The first-order valence-corrected chi connectivity index (χ1v) is 12.1. The Balaban J connectivity index is 1.97. The van der Waals surface area contributed by atoms with Crippen LogP contribution in [0.1, 0.15) is 22.4 Å². The van der Waals surface area contributed by atoms with Gasteiger partial charge in [-0.25, -0.2) is 8.42 Å². The molecule has 160 valence electrons. The first-order valence-electron chi connectivity index (χ1n) is 10.00. The van der Waals surface area contributed by atoms with E-state index >= 15 is 0 Å². The average Bonchev–Trinajstić information content (AvgIpc) is 3.01. The topological polar surface area (TPSA) is 74.0 Å². The normalized spacial score (nSPS) is 11.9. The number of sulfone groups is 1. The molecule has 2 aromatic heterocycles. The fourth-order valence-corrected chi connectivity index (χ4v) is 4.88. The van der Waals surface area contributed by atoms with E-state index in [1.807, 2.05) is 43.4 Å². The number of fused-ring (bicyclic) bond motifs is 1. The summed E-state index contributed by atoms with van der Waals surface area (Å²) >= 11 is 0. The molecule has 0 radical (unpaired) electrons. The average molecular weight is 436 g/mol. The van der Waals surface area contributed by atoms with Crippen LogP contribution in [0.5, 0.6) is 0 Å². The van der Waals surface area contributed by atoms with Crippen molar-refractivity contribution in [1.29, 1.82) is 0 Å². The van der Waals surface area contributed by atoms with Gasteiger partial charge in [0.05, 0.1) is 17.0 Å². The van der Waals surface area contributed by atoms with Gasteiger partial charge in [-0.1, -0.05) is 30.3 Å². The lowest BCUT2D eigenvalue weighted by Gasteiger charge is -2.11. The maximum absolute atomic E-state index is 12.2. The van der Waals surface area contributed by atoms with Gasteiger partial charge in [-0.05, 0) is 47.4 Å². The molecule has 0 saturated heterocycles. The lowest BCUT2D eigenvalue weighted by molar-refractivity contribution is 0.601. The third kappa shape index (κ3) is 4.32. The lowest BCUT2D eigenvalue weighted by Crippen LogP contribution is -2.18. The molecule has 0 amide bonds. The Morgan fingerprint density at radius 1 is 1.00 bits per heavy atom. The van der Waals surface area contributed by atoms with Gasteiger partial charge in [0.25, 0.3) is 5.56 Å². The van der Waals surface area contributed by atoms with Crippen LogP contribution in [0.25, 0.3) is 22.0 Å². The molecule has 4 rings (SSSR count). The molecule has 0 spiro atoms. The maximum atomic E-state index is 12.2. The summed E-state index contributed by atoms with van der Waals surface area (Å²) in [4.78, 5) is 12.1. The molecule has 0 aliphatic carbocycles. The predicted octanol–water partition coefficient (Wildman–Crippen LogP) is 3.38. The molecule has 0 saturated carbocycles. The zero-order chi connectivity index (χ0) is 22.3. The fraction of sp³-hybridized carbons (Fsp3) is 0.250. The van der Waals surface area contributed by atoms with Gasteiger partial charge in [0.15, 0.2) is 9.84 Å². The van der Waals surface area contributed by atoms with Crippen molar-refractivity contribution in [1.82, 2.24) is 14.3 Å². The maximum Gasteiger partial charge on any atom is 0.253 e. The molecular weight excluding hydrogens is 410 g/mol. The molecule has 2 heterocycles. The van der Waals surface area contributed by atoms with Crippen LogP contribution in [-0.4, -0.2) is 29.0 Å². The Labute approximate surface area is 181 Å². The van der Waals surface area contributed by atoms with Crippen LogP contribution in [-0.2, 0) is 36.1 Å². The number of benzene rings is 2. The van der Waals surface area contributed by atoms with Crippen molar-refractivity contribution < 1.29 is 8.42 Å². The van der Waals surface area contributed by atoms with Crippen LogP contribution in [0.15, 0.2) is 59.5 Å². The van der Waals surface area contributed by atoms with E-state index in [1.54, 1.807) is 29.4 Å². The SMILES string of the molecule is Cc1cc(-c2cc(CS(C)(=O)=O)c3c(c2)c(Cc2ccccc2)nn3C)cn(C)c1=O. The van der Waals surface area contributed by atoms with Gasteiger partial charge in [0.1, 0.15) is 0 Å². The van der Waals surface area contributed by atoms with Gasteiger partial charge >= 0.3 is 0 Å². The van der Waals surface area contributed by atoms with E-state index in [9.17, 15) is 13.2 Å². The molecule has 0 bridgehead atoms. The monoisotopic (exact) mass is 435 g/mol. The number of aryl methyl sites for hydroxylation is 3. The highest BCUT2D eigenvalue weighted by molar-refractivity contribution is 7.89. The molecule has 6 nitrogen and oxygen atoms in total. The Bertz CT molecular complexity index is 1420. The lowest BCUT2D eigenvalue weighted by atomic mass is 9.98. The first-order chi connectivity index (χ1) is 14.6. The van der Waals surface area contributed by atoms with Gasteiger partial charge in [-0.3, -0.25) is 9.48 Å². The molecule has 31 heavy (non-hydrogen) atoms. The van der Waals surface area contributed by atoms with Gasteiger partial charge < -0.3 is 4.57 Å². The van der Waals surface area contributed by atoms with Crippen LogP contribution in [0, 0.1) is 6.92 Å². The predicted molar refractivity (Wildman–Crippen MR) is 124 cm³/mol. The highest BCUT2D eigenvalue weighted by Gasteiger charge is 2.18. The summed E-state index contributed by atoms with van der Waals surface area (Å²) in [6.07, 6.45) is 3.67.